The molecule has 31 heteroatoms. The Balaban J connectivity index is 1.06. The number of imidazole rings is 2. The molecule has 2 aliphatic rings. The van der Waals surface area contributed by atoms with E-state index in [0.717, 1.165) is 0 Å². The third kappa shape index (κ3) is 7.82. The van der Waals surface area contributed by atoms with Crippen LogP contribution in [0.1, 0.15) is 12.5 Å². The van der Waals surface area contributed by atoms with E-state index in [2.05, 4.69) is 28.6 Å². The van der Waals surface area contributed by atoms with Gasteiger partial charge in [0.1, 0.15) is 36.6 Å². The Morgan fingerprint density at radius 3 is 1.70 bits per heavy atom. The van der Waals surface area contributed by atoms with E-state index in [4.69, 9.17) is 42.3 Å². The van der Waals surface area contributed by atoms with Gasteiger partial charge in [0.2, 0.25) is 23.5 Å². The second-order valence-corrected chi connectivity index (χ2v) is 16.8. The smallest absolute Gasteiger partial charge is 0.442 e. The Hall–Kier alpha value is -3.43. The maximum Gasteiger partial charge on any atom is 0.476 e. The highest BCUT2D eigenvalue weighted by Crippen LogP contribution is 2.67. The fraction of sp³-hybridized carbons (Fsp3) is 0.565. The highest BCUT2D eigenvalue weighted by Gasteiger charge is 2.50. The number of hydrogen-bond donors (Lipinski definition) is 9. The first-order valence-electron chi connectivity index (χ1n) is 15.3. The number of rotatable bonds is 13. The third-order valence-corrected chi connectivity index (χ3v) is 12.7. The maximum absolute atomic E-state index is 12.7. The number of nitrogens with zero attached hydrogens (tertiary/aromatic N) is 6. The molecule has 295 valence electrons. The van der Waals surface area contributed by atoms with Crippen molar-refractivity contribution in [3.8, 4) is 0 Å². The number of H-pyrrole nitrogens is 2. The zero-order valence-corrected chi connectivity index (χ0v) is 30.8. The number of fused-ring (bicyclic) bond motifs is 2. The van der Waals surface area contributed by atoms with Crippen LogP contribution in [0.15, 0.2) is 22.2 Å². The van der Waals surface area contributed by atoms with Gasteiger partial charge in [-0.1, -0.05) is 9.97 Å². The number of methoxy groups -OCH3 is 1. The van der Waals surface area contributed by atoms with Crippen molar-refractivity contribution in [3.05, 3.63) is 33.4 Å². The van der Waals surface area contributed by atoms with Crippen molar-refractivity contribution in [3.63, 3.8) is 0 Å². The molecule has 0 bridgehead atoms. The van der Waals surface area contributed by atoms with Crippen LogP contribution in [0.5, 0.6) is 0 Å². The summed E-state index contributed by atoms with van der Waals surface area (Å²) in [6.07, 6.45) is -9.09. The van der Waals surface area contributed by atoms with Gasteiger partial charge < -0.3 is 62.9 Å². The van der Waals surface area contributed by atoms with Crippen molar-refractivity contribution in [1.82, 2.24) is 29.1 Å². The number of phosphoric ester groups is 2. The summed E-state index contributed by atoms with van der Waals surface area (Å²) in [5, 5.41) is 32.1. The molecule has 2 saturated heterocycles. The number of nitrogen functional groups attached to an aromatic ring is 2. The van der Waals surface area contributed by atoms with Gasteiger partial charge in [0, 0.05) is 7.11 Å². The molecule has 27 nitrogen and oxygen atoms in total. The van der Waals surface area contributed by atoms with E-state index in [0.29, 0.717) is 0 Å². The molecule has 6 heterocycles. The fourth-order valence-corrected chi connectivity index (χ4v) is 9.76. The lowest BCUT2D eigenvalue weighted by Crippen LogP contribution is -2.47. The number of phosphoric acid groups is 2. The van der Waals surface area contributed by atoms with E-state index < -0.39 is 96.5 Å². The monoisotopic (exact) mass is 826 g/mol. The van der Waals surface area contributed by atoms with Crippen LogP contribution >= 0.6 is 23.1 Å². The summed E-state index contributed by atoms with van der Waals surface area (Å²) in [7, 11) is -7.03. The Morgan fingerprint density at radius 1 is 0.815 bits per heavy atom. The quantitative estimate of drug-likeness (QED) is 0.0350. The minimum Gasteiger partial charge on any atom is -0.442 e. The number of anilines is 2. The molecule has 0 saturated carbocycles. The molecule has 2 fully saturated rings. The number of aryl methyl sites for hydroxylation is 2. The molecule has 3 unspecified atom stereocenters. The molecule has 54 heavy (non-hydrogen) atoms. The van der Waals surface area contributed by atoms with Crippen LogP contribution in [-0.2, 0) is 59.7 Å². The van der Waals surface area contributed by atoms with Gasteiger partial charge in [-0.15, -0.1) is 0 Å². The summed E-state index contributed by atoms with van der Waals surface area (Å²) in [5.74, 6) is -0.483. The molecule has 0 spiro atoms. The summed E-state index contributed by atoms with van der Waals surface area (Å²) in [4.78, 5) is 58.0. The van der Waals surface area contributed by atoms with E-state index in [9.17, 15) is 48.4 Å². The van der Waals surface area contributed by atoms with Crippen LogP contribution in [-0.4, -0.2) is 119 Å². The summed E-state index contributed by atoms with van der Waals surface area (Å²) < 4.78 is 78.2. The molecule has 11 N–H and O–H groups in total. The average molecular weight is 826 g/mol. The number of nitrogens with one attached hydrogen (secondary N) is 2. The summed E-state index contributed by atoms with van der Waals surface area (Å²) >= 11 is 0. The van der Waals surface area contributed by atoms with Crippen LogP contribution in [0.2, 0.25) is 0 Å². The molecule has 3 radical (unpaired) electrons. The lowest BCUT2D eigenvalue weighted by molar-refractivity contribution is -0.746. The second kappa shape index (κ2) is 14.6. The lowest BCUT2D eigenvalue weighted by Gasteiger charge is -2.29. The minimum absolute atomic E-state index is 0.0314. The number of aliphatic hydroxyl groups is 3. The Kier molecular flexibility index (Phi) is 10.9. The van der Waals surface area contributed by atoms with Crippen LogP contribution in [0.3, 0.4) is 0 Å². The van der Waals surface area contributed by atoms with Crippen molar-refractivity contribution in [2.45, 2.75) is 49.1 Å². The van der Waals surface area contributed by atoms with E-state index in [1.165, 1.54) is 52.1 Å². The highest BCUT2D eigenvalue weighted by molar-refractivity contribution is 7.86. The molecule has 0 aliphatic carbocycles. The molecule has 0 aromatic carbocycles. The van der Waals surface area contributed by atoms with Crippen molar-refractivity contribution in [1.29, 1.82) is 0 Å². The molecule has 6 rings (SSSR count). The van der Waals surface area contributed by atoms with Crippen molar-refractivity contribution < 1.29 is 79.8 Å². The Bertz CT molecular complexity index is 2350. The molecule has 0 amide bonds. The van der Waals surface area contributed by atoms with E-state index in [1.54, 1.807) is 0 Å². The summed E-state index contributed by atoms with van der Waals surface area (Å²) in [6.45, 7) is -1.95. The van der Waals surface area contributed by atoms with Gasteiger partial charge in [-0.3, -0.25) is 37.7 Å². The number of hydrogen-bond acceptors (Lipinski definition) is 19. The predicted molar refractivity (Wildman–Crippen MR) is 176 cm³/mol. The summed E-state index contributed by atoms with van der Waals surface area (Å²) in [6, 6.07) is 0. The molecule has 11 atom stereocenters. The van der Waals surface area contributed by atoms with Gasteiger partial charge in [-0.2, -0.15) is 0 Å². The van der Waals surface area contributed by atoms with Crippen molar-refractivity contribution >= 4 is 64.9 Å². The first kappa shape index (κ1) is 40.2. The number of aromatic nitrogens is 8. The van der Waals surface area contributed by atoms with Gasteiger partial charge >= 0.3 is 26.9 Å². The number of aliphatic hydroxyl groups excluding tert-OH is 3. The fourth-order valence-electron chi connectivity index (χ4n) is 6.03. The Labute approximate surface area is 302 Å². The van der Waals surface area contributed by atoms with Gasteiger partial charge in [-0.05, 0) is 0 Å². The molecule has 2 aliphatic heterocycles. The van der Waals surface area contributed by atoms with Crippen molar-refractivity contribution in [2.75, 3.05) is 31.8 Å². The van der Waals surface area contributed by atoms with Gasteiger partial charge in [0.05, 0.1) is 34.8 Å². The van der Waals surface area contributed by atoms with E-state index in [1.807, 2.05) is 0 Å². The van der Waals surface area contributed by atoms with E-state index >= 15 is 0 Å². The van der Waals surface area contributed by atoms with Crippen LogP contribution in [0.25, 0.3) is 22.3 Å². The normalized spacial score (nSPS) is 29.4. The number of ether oxygens (including phenoxy) is 3. The average Bonchev–Trinajstić information content (AvgIpc) is 3.74. The predicted octanol–water partition coefficient (Wildman–Crippen LogP) is -4.29. The first-order chi connectivity index (χ1) is 25.1. The summed E-state index contributed by atoms with van der Waals surface area (Å²) in [5.41, 5.74) is 10.2. The van der Waals surface area contributed by atoms with Crippen molar-refractivity contribution in [2.24, 2.45) is 14.1 Å². The van der Waals surface area contributed by atoms with Gasteiger partial charge in [0.15, 0.2) is 12.7 Å². The standard InChI is InChI=1S/C23H32BN10O17P3/c1-31-6-33(16-10(31)18(38)29-22(25)27-16)20-14(37)12(35)8(48-20)4-46-53(41,42)50-52(24,40)51-54(43,44)47-5-9-13(36)15(45-3)21(49-9)34-7-32(2)11-17(34)28-23(26)30-19(11)39/h6-9,12-15,20-21,35-37H,4-5H2,1-3H3,(H6-2,25,26,27,28,29,30,38,39,41,42,43,44)/q-1/p+2/t8-,9-,12-,13-,14-,15-,20-,21-,52?/m1/s1. The topological polar surface area (TPSA) is 378 Å². The van der Waals surface area contributed by atoms with Gasteiger partial charge in [0.25, 0.3) is 23.0 Å². The number of aromatic amines is 2. The van der Waals surface area contributed by atoms with Crippen LogP contribution in [0, 0.1) is 0 Å². The maximum atomic E-state index is 12.7. The molecule has 4 aromatic heterocycles. The highest BCUT2D eigenvalue weighted by atomic mass is 31.3. The molecular formula is C23H34BN10O17P3+. The van der Waals surface area contributed by atoms with E-state index in [-0.39, 0.29) is 34.2 Å². The van der Waals surface area contributed by atoms with Crippen LogP contribution in [0.4, 0.5) is 11.9 Å². The first-order valence-corrected chi connectivity index (χ1v) is 19.9. The minimum atomic E-state index is -5.55. The SMILES string of the molecule is [B-]P(=O)(OP(=O)(O)OC[C@H]1O[C@@H]([n+]2cn(C)c3c(=O)[nH]c(N)nc32)[C@H](O)[C@@H]1O)OP(=O)(O)OC[C@H]1O[C@@H]([n+]2cn(C)c3c(=O)[nH]c(N)nc32)[C@H](OC)[C@@H]1O. The zero-order chi connectivity index (χ0) is 39.7. The third-order valence-electron chi connectivity index (χ3n) is 8.29. The molecular weight excluding hydrogens is 792 g/mol. The molecule has 4 aromatic rings. The largest absolute Gasteiger partial charge is 0.476 e. The lowest BCUT2D eigenvalue weighted by atomic mass is 10.1. The number of nitrogens with two attached hydrogens (primary N) is 2. The van der Waals surface area contributed by atoms with Crippen LogP contribution < -0.4 is 31.7 Å². The Morgan fingerprint density at radius 2 is 1.24 bits per heavy atom. The zero-order valence-electron chi connectivity index (χ0n) is 28.1. The van der Waals surface area contributed by atoms with Gasteiger partial charge in [-0.25, -0.2) is 26.9 Å². The second-order valence-electron chi connectivity index (χ2n) is 12.0.